The van der Waals surface area contributed by atoms with Crippen LogP contribution in [0.5, 0.6) is 0 Å². The van der Waals surface area contributed by atoms with Gasteiger partial charge in [-0.3, -0.25) is 20.2 Å². The maximum absolute atomic E-state index is 14.3. The van der Waals surface area contributed by atoms with Crippen LogP contribution in [0.25, 0.3) is 0 Å². The minimum Gasteiger partial charge on any atom is -0.356 e. The number of benzene rings is 4. The average Bonchev–Trinajstić information content (AvgIpc) is 2.85. The van der Waals surface area contributed by atoms with Gasteiger partial charge >= 0.3 is 0 Å². The Bertz CT molecular complexity index is 1260. The normalized spacial score (nSPS) is 12.6. The van der Waals surface area contributed by atoms with Crippen LogP contribution >= 0.6 is 0 Å². The van der Waals surface area contributed by atoms with Gasteiger partial charge in [0.15, 0.2) is 0 Å². The highest BCUT2D eigenvalue weighted by atomic mass is 19.1. The van der Waals surface area contributed by atoms with Crippen LogP contribution in [0.15, 0.2) is 97.1 Å². The molecule has 0 radical (unpaired) electrons. The first kappa shape index (κ1) is 23.7. The largest absolute Gasteiger partial charge is 0.356 e. The lowest BCUT2D eigenvalue weighted by molar-refractivity contribution is -0.386. The van der Waals surface area contributed by atoms with Crippen LogP contribution in [-0.2, 0) is 4.74 Å². The van der Waals surface area contributed by atoms with Crippen molar-refractivity contribution < 1.29 is 23.4 Å². The van der Waals surface area contributed by atoms with Crippen LogP contribution in [0.1, 0.15) is 34.5 Å². The molecule has 0 saturated carbocycles. The van der Waals surface area contributed by atoms with Gasteiger partial charge in [0.05, 0.1) is 21.0 Å². The molecule has 0 aliphatic carbocycles. The third-order valence-electron chi connectivity index (χ3n) is 5.41. The van der Waals surface area contributed by atoms with E-state index in [-0.39, 0.29) is 22.5 Å². The SMILES string of the molecule is O=[N+]([O-])c1ccc(F)cc1C(OC(c1ccccc1)c1cc(F)ccc1[N+](=O)[O-])c1ccccc1. The van der Waals surface area contributed by atoms with E-state index in [1.165, 1.54) is 0 Å². The predicted octanol–water partition coefficient (Wildman–Crippen LogP) is 6.68. The lowest BCUT2D eigenvalue weighted by Crippen LogP contribution is -2.16. The van der Waals surface area contributed by atoms with Gasteiger partial charge in [-0.2, -0.15) is 0 Å². The fraction of sp³-hybridized carbons (Fsp3) is 0.0769. The maximum Gasteiger partial charge on any atom is 0.275 e. The van der Waals surface area contributed by atoms with Crippen molar-refractivity contribution in [2.75, 3.05) is 0 Å². The highest BCUT2D eigenvalue weighted by molar-refractivity contribution is 5.48. The zero-order chi connectivity index (χ0) is 24.9. The van der Waals surface area contributed by atoms with Crippen LogP contribution in [0.2, 0.25) is 0 Å². The summed E-state index contributed by atoms with van der Waals surface area (Å²) in [5.74, 6) is -1.44. The first-order valence-corrected chi connectivity index (χ1v) is 10.5. The summed E-state index contributed by atoms with van der Waals surface area (Å²) in [6.45, 7) is 0. The van der Waals surface area contributed by atoms with Crippen molar-refractivity contribution in [2.45, 2.75) is 12.2 Å². The number of hydrogen-bond acceptors (Lipinski definition) is 5. The molecule has 4 aromatic rings. The fourth-order valence-electron chi connectivity index (χ4n) is 3.86. The highest BCUT2D eigenvalue weighted by Gasteiger charge is 2.32. The Labute approximate surface area is 198 Å². The lowest BCUT2D eigenvalue weighted by atomic mass is 9.96. The Morgan fingerprint density at radius 1 is 0.600 bits per heavy atom. The molecular formula is C26H18F2N2O5. The second-order valence-electron chi connectivity index (χ2n) is 7.64. The summed E-state index contributed by atoms with van der Waals surface area (Å²) in [5.41, 5.74) is -0.0497. The molecule has 2 unspecified atom stereocenters. The van der Waals surface area contributed by atoms with E-state index in [9.17, 15) is 29.0 Å². The van der Waals surface area contributed by atoms with Crippen molar-refractivity contribution in [3.63, 3.8) is 0 Å². The number of nitrogens with zero attached hydrogens (tertiary/aromatic N) is 2. The molecule has 0 amide bonds. The lowest BCUT2D eigenvalue weighted by Gasteiger charge is -2.26. The van der Waals surface area contributed by atoms with Gasteiger partial charge in [0.2, 0.25) is 0 Å². The molecule has 4 rings (SSSR count). The molecule has 2 atom stereocenters. The van der Waals surface area contributed by atoms with Gasteiger partial charge < -0.3 is 4.74 Å². The number of rotatable bonds is 8. The molecule has 7 nitrogen and oxygen atoms in total. The molecule has 0 heterocycles. The molecule has 0 aliphatic heterocycles. The van der Waals surface area contributed by atoms with Crippen LogP contribution in [0, 0.1) is 31.9 Å². The second-order valence-corrected chi connectivity index (χ2v) is 7.64. The van der Waals surface area contributed by atoms with Crippen LogP contribution in [-0.4, -0.2) is 9.85 Å². The first-order chi connectivity index (χ1) is 16.8. The van der Waals surface area contributed by atoms with E-state index in [0.717, 1.165) is 36.4 Å². The molecule has 9 heteroatoms. The average molecular weight is 476 g/mol. The van der Waals surface area contributed by atoms with E-state index in [2.05, 4.69) is 0 Å². The molecule has 0 spiro atoms. The molecule has 0 aliphatic rings. The Morgan fingerprint density at radius 3 is 1.31 bits per heavy atom. The highest BCUT2D eigenvalue weighted by Crippen LogP contribution is 2.41. The Morgan fingerprint density at radius 2 is 0.971 bits per heavy atom. The zero-order valence-corrected chi connectivity index (χ0v) is 18.1. The van der Waals surface area contributed by atoms with Crippen LogP contribution in [0.3, 0.4) is 0 Å². The van der Waals surface area contributed by atoms with E-state index in [0.29, 0.717) is 11.1 Å². The standard InChI is InChI=1S/C26H18F2N2O5/c27-19-11-13-23(29(31)32)21(15-19)25(17-7-3-1-4-8-17)35-26(18-9-5-2-6-10-18)22-16-20(28)12-14-24(22)30(33)34/h1-16,25-26H. The van der Waals surface area contributed by atoms with Gasteiger partial charge in [0, 0.05) is 12.1 Å². The number of halogens is 2. The number of nitro benzene ring substituents is 2. The second kappa shape index (κ2) is 10.2. The zero-order valence-electron chi connectivity index (χ0n) is 18.1. The van der Waals surface area contributed by atoms with Gasteiger partial charge in [-0.15, -0.1) is 0 Å². The van der Waals surface area contributed by atoms with Crippen molar-refractivity contribution in [3.05, 3.63) is 151 Å². The molecule has 176 valence electrons. The van der Waals surface area contributed by atoms with Crippen molar-refractivity contribution in [1.29, 1.82) is 0 Å². The predicted molar refractivity (Wildman–Crippen MR) is 124 cm³/mol. The van der Waals surface area contributed by atoms with Crippen LogP contribution in [0.4, 0.5) is 20.2 Å². The smallest absolute Gasteiger partial charge is 0.275 e. The summed E-state index contributed by atoms with van der Waals surface area (Å²) < 4.78 is 34.9. The number of ether oxygens (including phenoxy) is 1. The summed E-state index contributed by atoms with van der Waals surface area (Å²) in [4.78, 5) is 22.2. The molecular weight excluding hydrogens is 458 g/mol. The van der Waals surface area contributed by atoms with E-state index in [1.807, 2.05) is 0 Å². The Hall–Kier alpha value is -4.50. The van der Waals surface area contributed by atoms with Gasteiger partial charge in [-0.25, -0.2) is 8.78 Å². The molecule has 0 N–H and O–H groups in total. The summed E-state index contributed by atoms with van der Waals surface area (Å²) in [6, 6.07) is 22.7. The Balaban J connectivity index is 1.95. The van der Waals surface area contributed by atoms with Crippen molar-refractivity contribution in [3.8, 4) is 0 Å². The Kier molecular flexibility index (Phi) is 6.88. The molecule has 0 bridgehead atoms. The van der Waals surface area contributed by atoms with Crippen molar-refractivity contribution in [1.82, 2.24) is 0 Å². The number of hydrogen-bond donors (Lipinski definition) is 0. The third-order valence-corrected chi connectivity index (χ3v) is 5.41. The van der Waals surface area contributed by atoms with Crippen molar-refractivity contribution >= 4 is 11.4 Å². The topological polar surface area (TPSA) is 95.5 Å². The first-order valence-electron chi connectivity index (χ1n) is 10.5. The van der Waals surface area contributed by atoms with Gasteiger partial charge in [0.1, 0.15) is 23.8 Å². The molecule has 4 aromatic carbocycles. The van der Waals surface area contributed by atoms with Gasteiger partial charge in [-0.05, 0) is 35.4 Å². The molecule has 0 aromatic heterocycles. The maximum atomic E-state index is 14.3. The van der Waals surface area contributed by atoms with E-state index in [4.69, 9.17) is 4.74 Å². The fourth-order valence-corrected chi connectivity index (χ4v) is 3.86. The van der Waals surface area contributed by atoms with Crippen LogP contribution < -0.4 is 0 Å². The minimum atomic E-state index is -1.21. The minimum absolute atomic E-state index is 0.0822. The van der Waals surface area contributed by atoms with Gasteiger partial charge in [0.25, 0.3) is 11.4 Å². The monoisotopic (exact) mass is 476 g/mol. The summed E-state index contributed by atoms with van der Waals surface area (Å²) >= 11 is 0. The summed E-state index contributed by atoms with van der Waals surface area (Å²) in [5, 5.41) is 23.5. The molecule has 35 heavy (non-hydrogen) atoms. The summed E-state index contributed by atoms with van der Waals surface area (Å²) in [7, 11) is 0. The van der Waals surface area contributed by atoms with E-state index >= 15 is 0 Å². The third kappa shape index (κ3) is 5.20. The van der Waals surface area contributed by atoms with E-state index in [1.54, 1.807) is 60.7 Å². The number of nitro groups is 2. The molecule has 0 saturated heterocycles. The van der Waals surface area contributed by atoms with Crippen molar-refractivity contribution in [2.24, 2.45) is 0 Å². The molecule has 0 fully saturated rings. The van der Waals surface area contributed by atoms with E-state index < -0.39 is 33.7 Å². The quantitative estimate of drug-likeness (QED) is 0.209. The van der Waals surface area contributed by atoms with Gasteiger partial charge in [-0.1, -0.05) is 60.7 Å². The summed E-state index contributed by atoms with van der Waals surface area (Å²) in [6.07, 6.45) is -2.42.